The molecule has 0 aliphatic rings. The van der Waals surface area contributed by atoms with Crippen molar-refractivity contribution in [1.29, 1.82) is 0 Å². The SMILES string of the molecule is C=C/C(=C\CCC)CC=O.COc1ccc2nc(N(C)Cc3cccnc3)sc2c1. The number of anilines is 1. The number of carbonyl (C=O) groups is 1. The number of allylic oxidation sites excluding steroid dienone is 3. The van der Waals surface area contributed by atoms with E-state index in [0.717, 1.165) is 52.3 Å². The van der Waals surface area contributed by atoms with Crippen molar-refractivity contribution >= 4 is 33.0 Å². The molecule has 158 valence electrons. The lowest BCUT2D eigenvalue weighted by Crippen LogP contribution is -2.15. The molecule has 2 aromatic heterocycles. The van der Waals surface area contributed by atoms with Crippen molar-refractivity contribution in [3.05, 3.63) is 72.6 Å². The number of hydrogen-bond donors (Lipinski definition) is 0. The van der Waals surface area contributed by atoms with Gasteiger partial charge in [0.1, 0.15) is 12.0 Å². The minimum atomic E-state index is 0.503. The number of benzene rings is 1. The Morgan fingerprint density at radius 2 is 2.17 bits per heavy atom. The lowest BCUT2D eigenvalue weighted by Gasteiger charge is -2.14. The molecule has 3 rings (SSSR count). The van der Waals surface area contributed by atoms with Crippen molar-refractivity contribution in [2.24, 2.45) is 0 Å². The first kappa shape index (κ1) is 23.3. The third-order valence-electron chi connectivity index (χ3n) is 4.33. The number of nitrogens with zero attached hydrogens (tertiary/aromatic N) is 3. The minimum Gasteiger partial charge on any atom is -0.497 e. The van der Waals surface area contributed by atoms with Crippen LogP contribution in [0.3, 0.4) is 0 Å². The van der Waals surface area contributed by atoms with E-state index in [1.165, 1.54) is 5.56 Å². The number of unbranched alkanes of at least 4 members (excludes halogenated alkanes) is 1. The van der Waals surface area contributed by atoms with Crippen LogP contribution in [-0.4, -0.2) is 30.4 Å². The van der Waals surface area contributed by atoms with Crippen LogP contribution in [0.15, 0.2) is 67.0 Å². The molecule has 0 spiro atoms. The summed E-state index contributed by atoms with van der Waals surface area (Å²) < 4.78 is 6.38. The van der Waals surface area contributed by atoms with E-state index in [0.29, 0.717) is 6.42 Å². The molecule has 0 aliphatic heterocycles. The van der Waals surface area contributed by atoms with Crippen molar-refractivity contribution in [2.45, 2.75) is 32.7 Å². The second-order valence-corrected chi connectivity index (χ2v) is 7.70. The number of methoxy groups -OCH3 is 1. The van der Waals surface area contributed by atoms with Crippen LogP contribution in [0, 0.1) is 0 Å². The zero-order valence-electron chi connectivity index (χ0n) is 17.9. The molecule has 2 heterocycles. The fraction of sp³-hybridized carbons (Fsp3) is 0.292. The van der Waals surface area contributed by atoms with E-state index in [4.69, 9.17) is 4.74 Å². The van der Waals surface area contributed by atoms with Gasteiger partial charge in [0, 0.05) is 32.4 Å². The molecule has 0 N–H and O–H groups in total. The highest BCUT2D eigenvalue weighted by Crippen LogP contribution is 2.31. The highest BCUT2D eigenvalue weighted by molar-refractivity contribution is 7.22. The van der Waals surface area contributed by atoms with E-state index < -0.39 is 0 Å². The van der Waals surface area contributed by atoms with Crippen LogP contribution in [-0.2, 0) is 11.3 Å². The molecule has 0 radical (unpaired) electrons. The molecule has 0 saturated heterocycles. The highest BCUT2D eigenvalue weighted by Gasteiger charge is 2.09. The molecule has 1 aromatic carbocycles. The number of ether oxygens (including phenoxy) is 1. The van der Waals surface area contributed by atoms with Gasteiger partial charge in [0.05, 0.1) is 17.3 Å². The lowest BCUT2D eigenvalue weighted by atomic mass is 10.1. The summed E-state index contributed by atoms with van der Waals surface area (Å²) in [7, 11) is 3.72. The van der Waals surface area contributed by atoms with E-state index in [-0.39, 0.29) is 0 Å². The van der Waals surface area contributed by atoms with Gasteiger partial charge in [0.15, 0.2) is 5.13 Å². The Balaban J connectivity index is 0.000000274. The molecule has 3 aromatic rings. The molecule has 0 amide bonds. The van der Waals surface area contributed by atoms with E-state index >= 15 is 0 Å². The molecule has 0 atom stereocenters. The number of carbonyl (C=O) groups excluding carboxylic acids is 1. The maximum atomic E-state index is 10.0. The Morgan fingerprint density at radius 1 is 1.33 bits per heavy atom. The fourth-order valence-corrected chi connectivity index (χ4v) is 3.65. The smallest absolute Gasteiger partial charge is 0.186 e. The molecular formula is C24H29N3O2S. The number of fused-ring (bicyclic) bond motifs is 1. The predicted molar refractivity (Wildman–Crippen MR) is 126 cm³/mol. The molecule has 30 heavy (non-hydrogen) atoms. The minimum absolute atomic E-state index is 0.503. The number of aldehydes is 1. The fourth-order valence-electron chi connectivity index (χ4n) is 2.69. The largest absolute Gasteiger partial charge is 0.497 e. The Bertz CT molecular complexity index is 967. The van der Waals surface area contributed by atoms with Gasteiger partial charge in [0.25, 0.3) is 0 Å². The molecular weight excluding hydrogens is 394 g/mol. The van der Waals surface area contributed by atoms with Crippen molar-refractivity contribution < 1.29 is 9.53 Å². The molecule has 0 unspecified atom stereocenters. The summed E-state index contributed by atoms with van der Waals surface area (Å²) in [5.74, 6) is 0.864. The molecule has 0 aliphatic carbocycles. The van der Waals surface area contributed by atoms with Crippen LogP contribution in [0.25, 0.3) is 10.2 Å². The topological polar surface area (TPSA) is 55.3 Å². The summed E-state index contributed by atoms with van der Waals surface area (Å²) in [5.41, 5.74) is 3.22. The maximum absolute atomic E-state index is 10.0. The van der Waals surface area contributed by atoms with E-state index in [1.54, 1.807) is 30.7 Å². The number of thiazole rings is 1. The van der Waals surface area contributed by atoms with E-state index in [1.807, 2.05) is 37.5 Å². The number of rotatable bonds is 9. The third-order valence-corrected chi connectivity index (χ3v) is 5.46. The summed E-state index contributed by atoms with van der Waals surface area (Å²) >= 11 is 1.67. The zero-order chi connectivity index (χ0) is 21.8. The van der Waals surface area contributed by atoms with Gasteiger partial charge in [-0.2, -0.15) is 0 Å². The first-order valence-corrected chi connectivity index (χ1v) is 10.7. The van der Waals surface area contributed by atoms with Gasteiger partial charge >= 0.3 is 0 Å². The Labute approximate surface area is 182 Å². The maximum Gasteiger partial charge on any atom is 0.186 e. The summed E-state index contributed by atoms with van der Waals surface area (Å²) in [6.07, 6.45) is 11.0. The number of pyridine rings is 1. The van der Waals surface area contributed by atoms with Gasteiger partial charge in [-0.3, -0.25) is 4.98 Å². The zero-order valence-corrected chi connectivity index (χ0v) is 18.7. The quantitative estimate of drug-likeness (QED) is 0.320. The summed E-state index contributed by atoms with van der Waals surface area (Å²) in [4.78, 5) is 21.0. The monoisotopic (exact) mass is 423 g/mol. The van der Waals surface area contributed by atoms with Gasteiger partial charge in [0.2, 0.25) is 0 Å². The van der Waals surface area contributed by atoms with Gasteiger partial charge < -0.3 is 14.4 Å². The van der Waals surface area contributed by atoms with Gasteiger partial charge in [-0.25, -0.2) is 4.98 Å². The van der Waals surface area contributed by atoms with Crippen molar-refractivity contribution in [3.63, 3.8) is 0 Å². The summed E-state index contributed by atoms with van der Waals surface area (Å²) in [6.45, 7) is 6.51. The number of hydrogen-bond acceptors (Lipinski definition) is 6. The molecule has 5 nitrogen and oxygen atoms in total. The predicted octanol–water partition coefficient (Wildman–Crippen LogP) is 5.82. The van der Waals surface area contributed by atoms with Crippen LogP contribution < -0.4 is 9.64 Å². The average molecular weight is 424 g/mol. The third kappa shape index (κ3) is 7.12. The molecule has 0 saturated carbocycles. The number of aromatic nitrogens is 2. The Kier molecular flexibility index (Phi) is 9.74. The first-order valence-electron chi connectivity index (χ1n) is 9.91. The molecule has 6 heteroatoms. The second kappa shape index (κ2) is 12.5. The summed E-state index contributed by atoms with van der Waals surface area (Å²) in [5, 5.41) is 0.997. The van der Waals surface area contributed by atoms with Gasteiger partial charge in [-0.1, -0.05) is 49.5 Å². The summed E-state index contributed by atoms with van der Waals surface area (Å²) in [6, 6.07) is 9.97. The van der Waals surface area contributed by atoms with Crippen LogP contribution in [0.2, 0.25) is 0 Å². The van der Waals surface area contributed by atoms with Gasteiger partial charge in [-0.05, 0) is 41.8 Å². The Morgan fingerprint density at radius 3 is 2.80 bits per heavy atom. The van der Waals surface area contributed by atoms with Crippen LogP contribution in [0.1, 0.15) is 31.7 Å². The highest BCUT2D eigenvalue weighted by atomic mass is 32.1. The average Bonchev–Trinajstić information content (AvgIpc) is 3.21. The van der Waals surface area contributed by atoms with Crippen molar-refractivity contribution in [3.8, 4) is 5.75 Å². The van der Waals surface area contributed by atoms with Gasteiger partial charge in [-0.15, -0.1) is 0 Å². The second-order valence-electron chi connectivity index (χ2n) is 6.69. The van der Waals surface area contributed by atoms with Crippen LogP contribution in [0.5, 0.6) is 5.75 Å². The van der Waals surface area contributed by atoms with E-state index in [2.05, 4.69) is 40.5 Å². The van der Waals surface area contributed by atoms with E-state index in [9.17, 15) is 4.79 Å². The van der Waals surface area contributed by atoms with Crippen molar-refractivity contribution in [1.82, 2.24) is 9.97 Å². The lowest BCUT2D eigenvalue weighted by molar-refractivity contribution is -0.107. The molecule has 0 bridgehead atoms. The standard InChI is InChI=1S/C15H15N3OS.C9H14O/c1-18(10-11-4-3-7-16-9-11)15-17-13-6-5-12(19-2)8-14(13)20-15;1-3-5-6-9(4-2)7-8-10/h3-9H,10H2,1-2H3;4,6,8H,2-3,5,7H2,1H3/b;9-6+. The first-order chi connectivity index (χ1) is 14.6. The molecule has 0 fully saturated rings. The van der Waals surface area contributed by atoms with Crippen LogP contribution in [0.4, 0.5) is 5.13 Å². The Hall–Kier alpha value is -2.99. The van der Waals surface area contributed by atoms with Crippen LogP contribution >= 0.6 is 11.3 Å². The normalized spacial score (nSPS) is 10.8. The van der Waals surface area contributed by atoms with Crippen molar-refractivity contribution in [2.75, 3.05) is 19.1 Å².